The number of thiophene rings is 1. The Kier molecular flexibility index (Phi) is 8.61. The smallest absolute Gasteiger partial charge is 0.290 e. The van der Waals surface area contributed by atoms with Crippen molar-refractivity contribution in [2.45, 2.75) is 25.3 Å². The number of amides is 1. The van der Waals surface area contributed by atoms with E-state index in [1.807, 2.05) is 42.5 Å². The molecule has 0 saturated carbocycles. The molecule has 0 spiro atoms. The van der Waals surface area contributed by atoms with Crippen molar-refractivity contribution in [2.75, 3.05) is 55.8 Å². The van der Waals surface area contributed by atoms with E-state index >= 15 is 0 Å². The van der Waals surface area contributed by atoms with Crippen molar-refractivity contribution in [3.8, 4) is 0 Å². The average molecular weight is 561 g/mol. The lowest BCUT2D eigenvalue weighted by Crippen LogP contribution is -2.48. The largest absolute Gasteiger partial charge is 0.384 e. The van der Waals surface area contributed by atoms with Crippen molar-refractivity contribution in [3.63, 3.8) is 0 Å². The molecular weight excluding hydrogens is 524 g/mol. The Morgan fingerprint density at radius 2 is 2.02 bits per heavy atom. The molecule has 5 rings (SSSR count). The number of rotatable bonds is 10. The van der Waals surface area contributed by atoms with Crippen molar-refractivity contribution in [2.24, 2.45) is 7.05 Å². The highest BCUT2D eigenvalue weighted by Gasteiger charge is 2.24. The lowest BCUT2D eigenvalue weighted by atomic mass is 10.1. The van der Waals surface area contributed by atoms with Crippen molar-refractivity contribution in [1.29, 1.82) is 0 Å². The van der Waals surface area contributed by atoms with Crippen LogP contribution in [0.5, 0.6) is 0 Å². The van der Waals surface area contributed by atoms with Gasteiger partial charge in [0, 0.05) is 43.5 Å². The molecule has 1 saturated heterocycles. The Balaban J connectivity index is 1.23. The Labute approximate surface area is 238 Å². The van der Waals surface area contributed by atoms with Crippen LogP contribution >= 0.6 is 11.3 Å². The van der Waals surface area contributed by atoms with Gasteiger partial charge in [-0.1, -0.05) is 18.2 Å². The SMILES string of the molecule is CN(C)CCCNc1ccc(Nc2cc(N3CCC[C@@H](NC(=O)c4cc5ccccc5s4)C3)nn(C)c2=O)nc1. The van der Waals surface area contributed by atoms with E-state index in [2.05, 4.69) is 49.9 Å². The maximum absolute atomic E-state index is 13.0. The molecule has 0 bridgehead atoms. The Morgan fingerprint density at radius 3 is 2.80 bits per heavy atom. The molecule has 0 radical (unpaired) electrons. The van der Waals surface area contributed by atoms with Crippen LogP contribution < -0.4 is 26.4 Å². The molecule has 1 aliphatic heterocycles. The monoisotopic (exact) mass is 560 g/mol. The number of nitrogens with one attached hydrogen (secondary N) is 3. The van der Waals surface area contributed by atoms with E-state index in [9.17, 15) is 9.59 Å². The summed E-state index contributed by atoms with van der Waals surface area (Å²) in [5.41, 5.74) is 1.11. The molecule has 1 amide bonds. The van der Waals surface area contributed by atoms with Crippen molar-refractivity contribution in [3.05, 3.63) is 70.0 Å². The number of piperidine rings is 1. The first-order chi connectivity index (χ1) is 19.4. The molecule has 1 aliphatic rings. The number of pyridine rings is 1. The highest BCUT2D eigenvalue weighted by molar-refractivity contribution is 7.20. The number of fused-ring (bicyclic) bond motifs is 1. The highest BCUT2D eigenvalue weighted by Crippen LogP contribution is 2.26. The van der Waals surface area contributed by atoms with Crippen LogP contribution in [0.25, 0.3) is 10.1 Å². The maximum Gasteiger partial charge on any atom is 0.290 e. The number of aromatic nitrogens is 3. The number of carbonyl (C=O) groups excluding carboxylic acids is 1. The summed E-state index contributed by atoms with van der Waals surface area (Å²) in [5.74, 6) is 1.22. The van der Waals surface area contributed by atoms with Gasteiger partial charge in [-0.15, -0.1) is 11.3 Å². The fraction of sp³-hybridized carbons (Fsp3) is 0.379. The molecule has 3 aromatic heterocycles. The Hall–Kier alpha value is -3.96. The third-order valence-electron chi connectivity index (χ3n) is 6.92. The number of hydrogen-bond donors (Lipinski definition) is 3. The zero-order chi connectivity index (χ0) is 28.1. The molecule has 10 nitrogen and oxygen atoms in total. The quantitative estimate of drug-likeness (QED) is 0.251. The lowest BCUT2D eigenvalue weighted by Gasteiger charge is -2.34. The molecule has 4 aromatic rings. The molecule has 210 valence electrons. The van der Waals surface area contributed by atoms with Gasteiger partial charge in [-0.2, -0.15) is 5.10 Å². The molecule has 1 atom stereocenters. The molecule has 1 aromatic carbocycles. The zero-order valence-corrected chi connectivity index (χ0v) is 24.0. The summed E-state index contributed by atoms with van der Waals surface area (Å²) >= 11 is 1.51. The van der Waals surface area contributed by atoms with Gasteiger partial charge in [-0.3, -0.25) is 9.59 Å². The summed E-state index contributed by atoms with van der Waals surface area (Å²) in [6, 6.07) is 15.5. The third-order valence-corrected chi connectivity index (χ3v) is 8.03. The summed E-state index contributed by atoms with van der Waals surface area (Å²) in [7, 11) is 5.77. The molecular formula is C29H36N8O2S. The first kappa shape index (κ1) is 27.6. The van der Waals surface area contributed by atoms with Crippen LogP contribution in [-0.2, 0) is 7.05 Å². The standard InChI is InChI=1S/C29H36N8O2S/c1-35(2)14-7-13-30-21-11-12-26(31-18-21)33-23-17-27(34-36(3)29(23)39)37-15-6-9-22(19-37)32-28(38)25-16-20-8-4-5-10-24(20)40-25/h4-5,8,10-12,16-18,22,30H,6-7,9,13-15,19H2,1-3H3,(H,31,33)(H,32,38)/t22-/m1/s1. The summed E-state index contributed by atoms with van der Waals surface area (Å²) < 4.78 is 2.45. The van der Waals surface area contributed by atoms with Gasteiger partial charge in [0.2, 0.25) is 0 Å². The predicted octanol–water partition coefficient (Wildman–Crippen LogP) is 3.90. The van der Waals surface area contributed by atoms with Gasteiger partial charge in [0.1, 0.15) is 11.5 Å². The molecule has 40 heavy (non-hydrogen) atoms. The van der Waals surface area contributed by atoms with Crippen LogP contribution in [-0.4, -0.2) is 71.9 Å². The summed E-state index contributed by atoms with van der Waals surface area (Å²) in [6.07, 6.45) is 4.60. The van der Waals surface area contributed by atoms with Crippen LogP contribution in [0.4, 0.5) is 23.0 Å². The number of nitrogens with zero attached hydrogens (tertiary/aromatic N) is 5. The Bertz CT molecular complexity index is 1480. The first-order valence-corrected chi connectivity index (χ1v) is 14.4. The Morgan fingerprint density at radius 1 is 1.18 bits per heavy atom. The van der Waals surface area contributed by atoms with E-state index in [1.165, 1.54) is 16.0 Å². The summed E-state index contributed by atoms with van der Waals surface area (Å²) in [6.45, 7) is 3.30. The topological polar surface area (TPSA) is 107 Å². The van der Waals surface area contributed by atoms with Gasteiger partial charge in [0.05, 0.1) is 16.8 Å². The number of carbonyl (C=O) groups is 1. The van der Waals surface area contributed by atoms with Gasteiger partial charge in [0.25, 0.3) is 11.5 Å². The molecule has 11 heteroatoms. The molecule has 4 heterocycles. The molecule has 0 unspecified atom stereocenters. The second-order valence-corrected chi connectivity index (χ2v) is 11.5. The first-order valence-electron chi connectivity index (χ1n) is 13.6. The van der Waals surface area contributed by atoms with E-state index in [0.717, 1.165) is 54.7 Å². The van der Waals surface area contributed by atoms with E-state index in [4.69, 9.17) is 0 Å². The van der Waals surface area contributed by atoms with E-state index < -0.39 is 0 Å². The fourth-order valence-electron chi connectivity index (χ4n) is 4.83. The van der Waals surface area contributed by atoms with Gasteiger partial charge in [0.15, 0.2) is 5.82 Å². The van der Waals surface area contributed by atoms with Gasteiger partial charge in [-0.05, 0) is 69.6 Å². The number of benzene rings is 1. The highest BCUT2D eigenvalue weighted by atomic mass is 32.1. The zero-order valence-electron chi connectivity index (χ0n) is 23.2. The lowest BCUT2D eigenvalue weighted by molar-refractivity contribution is 0.0937. The van der Waals surface area contributed by atoms with Crippen LogP contribution in [0.2, 0.25) is 0 Å². The van der Waals surface area contributed by atoms with E-state index in [-0.39, 0.29) is 17.5 Å². The minimum Gasteiger partial charge on any atom is -0.384 e. The van der Waals surface area contributed by atoms with Gasteiger partial charge >= 0.3 is 0 Å². The second-order valence-electron chi connectivity index (χ2n) is 10.4. The van der Waals surface area contributed by atoms with Crippen LogP contribution in [0.1, 0.15) is 28.9 Å². The minimum absolute atomic E-state index is 0.0126. The van der Waals surface area contributed by atoms with E-state index in [0.29, 0.717) is 28.7 Å². The van der Waals surface area contributed by atoms with Crippen LogP contribution in [0.15, 0.2) is 59.5 Å². The molecule has 1 fully saturated rings. The number of aryl methyl sites for hydroxylation is 1. The number of anilines is 4. The minimum atomic E-state index is -0.233. The van der Waals surface area contributed by atoms with Crippen LogP contribution in [0, 0.1) is 0 Å². The van der Waals surface area contributed by atoms with Crippen LogP contribution in [0.3, 0.4) is 0 Å². The average Bonchev–Trinajstić information content (AvgIpc) is 3.39. The predicted molar refractivity (Wildman–Crippen MR) is 163 cm³/mol. The van der Waals surface area contributed by atoms with Crippen molar-refractivity contribution < 1.29 is 4.79 Å². The van der Waals surface area contributed by atoms with E-state index in [1.54, 1.807) is 19.3 Å². The summed E-state index contributed by atoms with van der Waals surface area (Å²) in [4.78, 5) is 35.3. The van der Waals surface area contributed by atoms with Crippen molar-refractivity contribution in [1.82, 2.24) is 25.0 Å². The maximum atomic E-state index is 13.0. The van der Waals surface area contributed by atoms with Gasteiger partial charge < -0.3 is 25.8 Å². The normalized spacial score (nSPS) is 15.4. The molecule has 0 aliphatic carbocycles. The molecule has 3 N–H and O–H groups in total. The third kappa shape index (κ3) is 6.78. The van der Waals surface area contributed by atoms with Crippen molar-refractivity contribution >= 4 is 50.3 Å². The number of hydrogen-bond acceptors (Lipinski definition) is 9. The summed E-state index contributed by atoms with van der Waals surface area (Å²) in [5, 5.41) is 15.3. The van der Waals surface area contributed by atoms with Gasteiger partial charge in [-0.25, -0.2) is 9.67 Å². The fourth-order valence-corrected chi connectivity index (χ4v) is 5.79. The second kappa shape index (κ2) is 12.5.